The van der Waals surface area contributed by atoms with Gasteiger partial charge in [0.15, 0.2) is 17.3 Å². The molecule has 4 heteroatoms. The van der Waals surface area contributed by atoms with Crippen molar-refractivity contribution in [3.63, 3.8) is 0 Å². The molecular formula is C12H15FO3. The van der Waals surface area contributed by atoms with Crippen molar-refractivity contribution in [3.8, 4) is 5.75 Å². The van der Waals surface area contributed by atoms with Gasteiger partial charge in [0.1, 0.15) is 6.10 Å². The predicted molar refractivity (Wildman–Crippen MR) is 58.4 cm³/mol. The van der Waals surface area contributed by atoms with Crippen molar-refractivity contribution in [2.75, 3.05) is 13.7 Å². The molecule has 1 atom stereocenters. The second-order valence-corrected chi connectivity index (χ2v) is 3.31. The van der Waals surface area contributed by atoms with E-state index >= 15 is 0 Å². The minimum absolute atomic E-state index is 0.126. The Bertz CT molecular complexity index is 377. The quantitative estimate of drug-likeness (QED) is 0.723. The Balaban J connectivity index is 2.88. The summed E-state index contributed by atoms with van der Waals surface area (Å²) in [5.74, 6) is -0.652. The molecule has 0 aliphatic carbocycles. The molecule has 0 aliphatic rings. The lowest BCUT2D eigenvalue weighted by molar-refractivity contribution is 0.0520. The summed E-state index contributed by atoms with van der Waals surface area (Å²) in [5.41, 5.74) is 0.291. The number of hydrogen-bond acceptors (Lipinski definition) is 3. The highest BCUT2D eigenvalue weighted by atomic mass is 19.1. The molecule has 0 saturated carbocycles. The highest BCUT2D eigenvalue weighted by Crippen LogP contribution is 2.18. The van der Waals surface area contributed by atoms with Crippen molar-refractivity contribution in [3.05, 3.63) is 29.6 Å². The van der Waals surface area contributed by atoms with Crippen molar-refractivity contribution in [2.24, 2.45) is 0 Å². The maximum absolute atomic E-state index is 13.3. The van der Waals surface area contributed by atoms with Gasteiger partial charge in [0.05, 0.1) is 7.11 Å². The fraction of sp³-hybridized carbons (Fsp3) is 0.417. The number of benzene rings is 1. The number of rotatable bonds is 5. The first-order chi connectivity index (χ1) is 7.60. The van der Waals surface area contributed by atoms with Gasteiger partial charge in [0, 0.05) is 12.2 Å². The van der Waals surface area contributed by atoms with Gasteiger partial charge in [-0.3, -0.25) is 4.79 Å². The molecule has 1 unspecified atom stereocenters. The van der Waals surface area contributed by atoms with E-state index < -0.39 is 11.9 Å². The molecule has 0 heterocycles. The van der Waals surface area contributed by atoms with E-state index in [0.717, 1.165) is 6.07 Å². The van der Waals surface area contributed by atoms with Gasteiger partial charge in [-0.2, -0.15) is 0 Å². The summed E-state index contributed by atoms with van der Waals surface area (Å²) >= 11 is 0. The highest BCUT2D eigenvalue weighted by Gasteiger charge is 2.16. The van der Waals surface area contributed by atoms with E-state index in [4.69, 9.17) is 9.47 Å². The lowest BCUT2D eigenvalue weighted by Gasteiger charge is -2.11. The van der Waals surface area contributed by atoms with Gasteiger partial charge in [-0.15, -0.1) is 0 Å². The summed E-state index contributed by atoms with van der Waals surface area (Å²) in [7, 11) is 1.38. The van der Waals surface area contributed by atoms with Crippen LogP contribution in [0.4, 0.5) is 4.39 Å². The molecule has 3 nitrogen and oxygen atoms in total. The Kier molecular flexibility index (Phi) is 4.43. The SMILES string of the molecule is CCOC(C)C(=O)c1ccc(OC)c(F)c1. The standard InChI is InChI=1S/C12H15FO3/c1-4-16-8(2)12(14)9-5-6-11(15-3)10(13)7-9/h5-8H,4H2,1-3H3. The number of carbonyl (C=O) groups excluding carboxylic acids is 1. The molecule has 0 fully saturated rings. The fourth-order valence-electron chi connectivity index (χ4n) is 1.38. The van der Waals surface area contributed by atoms with Crippen LogP contribution in [0.1, 0.15) is 24.2 Å². The summed E-state index contributed by atoms with van der Waals surface area (Å²) in [6, 6.07) is 4.12. The monoisotopic (exact) mass is 226 g/mol. The Labute approximate surface area is 94.2 Å². The van der Waals surface area contributed by atoms with E-state index in [1.165, 1.54) is 19.2 Å². The van der Waals surface area contributed by atoms with Gasteiger partial charge in [-0.25, -0.2) is 4.39 Å². The zero-order valence-corrected chi connectivity index (χ0v) is 9.62. The Morgan fingerprint density at radius 2 is 2.19 bits per heavy atom. The minimum Gasteiger partial charge on any atom is -0.494 e. The van der Waals surface area contributed by atoms with Crippen LogP contribution in [0, 0.1) is 5.82 Å². The molecule has 1 aromatic rings. The average Bonchev–Trinajstić information content (AvgIpc) is 2.28. The molecule has 1 aromatic carbocycles. The third-order valence-electron chi connectivity index (χ3n) is 2.22. The highest BCUT2D eigenvalue weighted by molar-refractivity contribution is 5.99. The fourth-order valence-corrected chi connectivity index (χ4v) is 1.38. The topological polar surface area (TPSA) is 35.5 Å². The summed E-state index contributed by atoms with van der Waals surface area (Å²) in [5, 5.41) is 0. The molecule has 1 rings (SSSR count). The van der Waals surface area contributed by atoms with Gasteiger partial charge < -0.3 is 9.47 Å². The third kappa shape index (κ3) is 2.79. The van der Waals surface area contributed by atoms with Crippen molar-refractivity contribution < 1.29 is 18.7 Å². The molecule has 0 radical (unpaired) electrons. The Morgan fingerprint density at radius 3 is 2.69 bits per heavy atom. The van der Waals surface area contributed by atoms with E-state index in [-0.39, 0.29) is 11.5 Å². The molecule has 0 saturated heterocycles. The van der Waals surface area contributed by atoms with E-state index in [1.807, 2.05) is 0 Å². The lowest BCUT2D eigenvalue weighted by atomic mass is 10.1. The molecule has 88 valence electrons. The number of halogens is 1. The summed E-state index contributed by atoms with van der Waals surface area (Å²) < 4.78 is 23.3. The van der Waals surface area contributed by atoms with Crippen molar-refractivity contribution in [2.45, 2.75) is 20.0 Å². The van der Waals surface area contributed by atoms with Crippen LogP contribution >= 0.6 is 0 Å². The maximum atomic E-state index is 13.3. The number of hydrogen-bond donors (Lipinski definition) is 0. The largest absolute Gasteiger partial charge is 0.494 e. The third-order valence-corrected chi connectivity index (χ3v) is 2.22. The van der Waals surface area contributed by atoms with E-state index in [0.29, 0.717) is 12.2 Å². The first kappa shape index (κ1) is 12.6. The van der Waals surface area contributed by atoms with Crippen molar-refractivity contribution >= 4 is 5.78 Å². The predicted octanol–water partition coefficient (Wildman–Crippen LogP) is 2.44. The van der Waals surface area contributed by atoms with Crippen LogP contribution in [0.25, 0.3) is 0 Å². The average molecular weight is 226 g/mol. The van der Waals surface area contributed by atoms with E-state index in [2.05, 4.69) is 0 Å². The zero-order chi connectivity index (χ0) is 12.1. The van der Waals surface area contributed by atoms with Crippen LogP contribution < -0.4 is 4.74 Å². The van der Waals surface area contributed by atoms with Gasteiger partial charge >= 0.3 is 0 Å². The number of carbonyl (C=O) groups is 1. The normalized spacial score (nSPS) is 12.2. The molecule has 0 amide bonds. The van der Waals surface area contributed by atoms with E-state index in [1.54, 1.807) is 13.8 Å². The number of methoxy groups -OCH3 is 1. The molecular weight excluding hydrogens is 211 g/mol. The number of ketones is 1. The van der Waals surface area contributed by atoms with Crippen LogP contribution in [0.5, 0.6) is 5.75 Å². The van der Waals surface area contributed by atoms with Gasteiger partial charge in [-0.05, 0) is 32.0 Å². The zero-order valence-electron chi connectivity index (χ0n) is 9.62. The lowest BCUT2D eigenvalue weighted by Crippen LogP contribution is -2.20. The van der Waals surface area contributed by atoms with E-state index in [9.17, 15) is 9.18 Å². The van der Waals surface area contributed by atoms with Crippen molar-refractivity contribution in [1.82, 2.24) is 0 Å². The smallest absolute Gasteiger partial charge is 0.191 e. The minimum atomic E-state index is -0.558. The second kappa shape index (κ2) is 5.61. The maximum Gasteiger partial charge on any atom is 0.191 e. The summed E-state index contributed by atoms with van der Waals surface area (Å²) in [6.45, 7) is 3.90. The van der Waals surface area contributed by atoms with Crippen LogP contribution in [-0.2, 0) is 4.74 Å². The molecule has 16 heavy (non-hydrogen) atoms. The number of Topliss-reactive ketones (excluding diaryl/α,β-unsaturated/α-hetero) is 1. The van der Waals surface area contributed by atoms with Crippen molar-refractivity contribution in [1.29, 1.82) is 0 Å². The Hall–Kier alpha value is -1.42. The Morgan fingerprint density at radius 1 is 1.50 bits per heavy atom. The van der Waals surface area contributed by atoms with Gasteiger partial charge in [0.25, 0.3) is 0 Å². The first-order valence-electron chi connectivity index (χ1n) is 5.09. The molecule has 0 spiro atoms. The van der Waals surface area contributed by atoms with Crippen LogP contribution in [0.3, 0.4) is 0 Å². The van der Waals surface area contributed by atoms with Gasteiger partial charge in [-0.1, -0.05) is 0 Å². The van der Waals surface area contributed by atoms with Crippen LogP contribution in [0.2, 0.25) is 0 Å². The molecule has 0 aliphatic heterocycles. The van der Waals surface area contributed by atoms with Gasteiger partial charge in [0.2, 0.25) is 0 Å². The summed E-state index contributed by atoms with van der Waals surface area (Å²) in [6.07, 6.45) is -0.558. The first-order valence-corrected chi connectivity index (χ1v) is 5.09. The number of ether oxygens (including phenoxy) is 2. The summed E-state index contributed by atoms with van der Waals surface area (Å²) in [4.78, 5) is 11.8. The molecule has 0 aromatic heterocycles. The molecule has 0 N–H and O–H groups in total. The van der Waals surface area contributed by atoms with Crippen LogP contribution in [0.15, 0.2) is 18.2 Å². The van der Waals surface area contributed by atoms with Crippen LogP contribution in [-0.4, -0.2) is 25.6 Å². The molecule has 0 bridgehead atoms. The second-order valence-electron chi connectivity index (χ2n) is 3.31.